The molecule has 8 nitrogen and oxygen atoms in total. The van der Waals surface area contributed by atoms with Crippen LogP contribution >= 0.6 is 15.9 Å². The third kappa shape index (κ3) is 5.65. The van der Waals surface area contributed by atoms with Gasteiger partial charge < -0.3 is 24.5 Å². The number of aliphatic hydroxyl groups is 1. The van der Waals surface area contributed by atoms with Crippen LogP contribution in [0.1, 0.15) is 50.2 Å². The Balaban J connectivity index is 1.79. The van der Waals surface area contributed by atoms with Crippen molar-refractivity contribution in [3.05, 3.63) is 54.6 Å². The first-order chi connectivity index (χ1) is 19.7. The summed E-state index contributed by atoms with van der Waals surface area (Å²) >= 11 is 3.77. The number of aliphatic hydroxyl groups excluding tert-OH is 1. The topological polar surface area (TPSA) is 90.4 Å². The zero-order valence-electron chi connectivity index (χ0n) is 24.6. The highest BCUT2D eigenvalue weighted by Gasteiger charge is 2.76. The molecule has 1 N–H and O–H groups in total. The minimum absolute atomic E-state index is 0.0752. The van der Waals surface area contributed by atoms with E-state index in [0.29, 0.717) is 38.9 Å². The predicted octanol–water partition coefficient (Wildman–Crippen LogP) is 4.16. The third-order valence-electron chi connectivity index (χ3n) is 8.75. The van der Waals surface area contributed by atoms with E-state index in [9.17, 15) is 19.5 Å². The summed E-state index contributed by atoms with van der Waals surface area (Å²) in [6.07, 6.45) is 6.14. The van der Waals surface area contributed by atoms with Crippen LogP contribution in [0.3, 0.4) is 0 Å². The van der Waals surface area contributed by atoms with Crippen LogP contribution in [0.5, 0.6) is 0 Å². The van der Waals surface area contributed by atoms with Crippen molar-refractivity contribution >= 4 is 39.3 Å². The number of unbranched alkanes of at least 4 members (excludes halogenated alkanes) is 2. The van der Waals surface area contributed by atoms with Gasteiger partial charge in [0.05, 0.1) is 17.9 Å². The fourth-order valence-electron chi connectivity index (χ4n) is 7.02. The Labute approximate surface area is 252 Å². The highest BCUT2D eigenvalue weighted by molar-refractivity contribution is 9.09. The maximum atomic E-state index is 14.7. The van der Waals surface area contributed by atoms with Gasteiger partial charge in [-0.15, -0.1) is 13.2 Å². The lowest BCUT2D eigenvalue weighted by Crippen LogP contribution is -2.57. The van der Waals surface area contributed by atoms with Crippen molar-refractivity contribution in [3.8, 4) is 0 Å². The minimum Gasteiger partial charge on any atom is -0.396 e. The summed E-state index contributed by atoms with van der Waals surface area (Å²) in [5.41, 5.74) is 1.63. The molecule has 1 spiro atoms. The molecule has 0 aromatic heterocycles. The summed E-state index contributed by atoms with van der Waals surface area (Å²) in [6, 6.07) is 5.11. The zero-order chi connectivity index (χ0) is 29.9. The summed E-state index contributed by atoms with van der Waals surface area (Å²) in [7, 11) is 0. The summed E-state index contributed by atoms with van der Waals surface area (Å²) in [4.78, 5) is 48.1. The van der Waals surface area contributed by atoms with E-state index in [2.05, 4.69) is 29.1 Å². The van der Waals surface area contributed by atoms with E-state index >= 15 is 0 Å². The molecule has 41 heavy (non-hydrogen) atoms. The Morgan fingerprint density at radius 3 is 2.56 bits per heavy atom. The van der Waals surface area contributed by atoms with Crippen molar-refractivity contribution in [2.24, 2.45) is 11.8 Å². The Kier molecular flexibility index (Phi) is 10.1. The van der Waals surface area contributed by atoms with Crippen molar-refractivity contribution in [1.29, 1.82) is 0 Å². The Morgan fingerprint density at radius 2 is 1.90 bits per heavy atom. The highest BCUT2D eigenvalue weighted by atomic mass is 79.9. The molecule has 2 bridgehead atoms. The first kappa shape index (κ1) is 31.4. The Morgan fingerprint density at radius 1 is 1.17 bits per heavy atom. The number of carbonyl (C=O) groups excluding carboxylic acids is 3. The lowest BCUT2D eigenvalue weighted by Gasteiger charge is -2.37. The second-order valence-corrected chi connectivity index (χ2v) is 12.8. The van der Waals surface area contributed by atoms with Crippen LogP contribution in [-0.4, -0.2) is 88.0 Å². The van der Waals surface area contributed by atoms with Crippen molar-refractivity contribution in [1.82, 2.24) is 9.80 Å². The quantitative estimate of drug-likeness (QED) is 0.190. The number of halogens is 1. The number of ether oxygens (including phenoxy) is 1. The maximum Gasteiger partial charge on any atom is 0.253 e. The predicted molar refractivity (Wildman–Crippen MR) is 164 cm³/mol. The number of amides is 3. The normalized spacial score (nSPS) is 28.1. The van der Waals surface area contributed by atoms with Gasteiger partial charge in [-0.1, -0.05) is 47.1 Å². The lowest BCUT2D eigenvalue weighted by atomic mass is 9.70. The van der Waals surface area contributed by atoms with Gasteiger partial charge in [-0.2, -0.15) is 0 Å². The fourth-order valence-corrected chi connectivity index (χ4v) is 7.97. The second-order valence-electron chi connectivity index (χ2n) is 11.6. The minimum atomic E-state index is -1.12. The molecule has 4 rings (SSSR count). The number of alkyl halides is 1. The number of nitrogens with zero attached hydrogens (tertiary/aromatic N) is 3. The number of carbonyl (C=O) groups is 3. The van der Waals surface area contributed by atoms with Gasteiger partial charge in [0, 0.05) is 43.3 Å². The van der Waals surface area contributed by atoms with Gasteiger partial charge >= 0.3 is 0 Å². The van der Waals surface area contributed by atoms with E-state index in [1.807, 2.05) is 39.0 Å². The summed E-state index contributed by atoms with van der Waals surface area (Å²) in [5, 5.41) is 9.31. The van der Waals surface area contributed by atoms with Crippen LogP contribution in [-0.2, 0) is 19.1 Å². The molecule has 3 aliphatic rings. The second kappa shape index (κ2) is 13.2. The van der Waals surface area contributed by atoms with Crippen molar-refractivity contribution < 1.29 is 24.2 Å². The molecule has 0 saturated carbocycles. The number of benzene rings is 1. The molecule has 3 fully saturated rings. The van der Waals surface area contributed by atoms with Crippen LogP contribution in [0, 0.1) is 25.7 Å². The van der Waals surface area contributed by atoms with Crippen molar-refractivity contribution in [3.63, 3.8) is 0 Å². The molecule has 1 aromatic rings. The molecule has 3 amide bonds. The van der Waals surface area contributed by atoms with Crippen LogP contribution < -0.4 is 4.90 Å². The molecule has 1 aromatic carbocycles. The number of hydrogen-bond donors (Lipinski definition) is 1. The number of anilines is 1. The first-order valence-corrected chi connectivity index (χ1v) is 15.7. The number of aryl methyl sites for hydroxylation is 2. The summed E-state index contributed by atoms with van der Waals surface area (Å²) < 4.78 is 6.72. The number of fused-ring (bicyclic) bond motifs is 1. The number of rotatable bonds is 14. The van der Waals surface area contributed by atoms with Gasteiger partial charge in [0.1, 0.15) is 11.6 Å². The molecule has 9 heteroatoms. The molecule has 0 radical (unpaired) electrons. The van der Waals surface area contributed by atoms with E-state index in [1.54, 1.807) is 26.9 Å². The average Bonchev–Trinajstić information content (AvgIpc) is 3.53. The standard InChI is InChI=1S/C32H44BrN3O5/c1-6-14-34(15-7-2)29(38)25-26-30(39)36(17-10-9-11-18-37)28(32(26)20-23(33)27(25)41-32)31(40)35(16-8-3)24-19-21(4)12-13-22(24)5/h6,8,12-13,19,23,25-28,37H,1,3,7,9-11,14-18,20H2,2,4-5H3/t23?,25-,26+,27-,28?,32?/m1/s1. The molecule has 224 valence electrons. The average molecular weight is 631 g/mol. The molecular weight excluding hydrogens is 586 g/mol. The van der Waals surface area contributed by atoms with Gasteiger partial charge in [-0.25, -0.2) is 0 Å². The molecule has 3 saturated heterocycles. The van der Waals surface area contributed by atoms with Crippen LogP contribution in [0.2, 0.25) is 0 Å². The smallest absolute Gasteiger partial charge is 0.253 e. The first-order valence-electron chi connectivity index (χ1n) is 14.8. The van der Waals surface area contributed by atoms with Crippen LogP contribution in [0.25, 0.3) is 0 Å². The lowest BCUT2D eigenvalue weighted by molar-refractivity contribution is -0.145. The summed E-state index contributed by atoms with van der Waals surface area (Å²) in [6.45, 7) is 15.4. The summed E-state index contributed by atoms with van der Waals surface area (Å²) in [5.74, 6) is -1.96. The van der Waals surface area contributed by atoms with E-state index in [4.69, 9.17) is 4.74 Å². The van der Waals surface area contributed by atoms with Crippen molar-refractivity contribution in [2.75, 3.05) is 37.7 Å². The Bertz CT molecular complexity index is 1170. The highest BCUT2D eigenvalue weighted by Crippen LogP contribution is 2.60. The molecule has 3 unspecified atom stereocenters. The number of hydrogen-bond acceptors (Lipinski definition) is 5. The van der Waals surface area contributed by atoms with Gasteiger partial charge in [0.15, 0.2) is 0 Å². The molecule has 6 atom stereocenters. The van der Waals surface area contributed by atoms with Gasteiger partial charge in [0.2, 0.25) is 11.8 Å². The largest absolute Gasteiger partial charge is 0.396 e. The third-order valence-corrected chi connectivity index (χ3v) is 9.60. The SMILES string of the molecule is C=CCN(CCC)C(=O)[C@H]1[C@@H]2OC3(CC2Br)C(C(=O)N(CC=C)c2cc(C)ccc2C)N(CCCCCO)C(=O)[C@H]13. The van der Waals surface area contributed by atoms with Crippen molar-refractivity contribution in [2.45, 2.75) is 75.4 Å². The molecule has 0 aliphatic carbocycles. The number of likely N-dealkylation sites (tertiary alicyclic amines) is 1. The van der Waals surface area contributed by atoms with Gasteiger partial charge in [0.25, 0.3) is 5.91 Å². The molecule has 3 heterocycles. The van der Waals surface area contributed by atoms with Gasteiger partial charge in [-0.3, -0.25) is 14.4 Å². The van der Waals surface area contributed by atoms with Crippen LogP contribution in [0.4, 0.5) is 5.69 Å². The van der Waals surface area contributed by atoms with E-state index in [1.165, 1.54) is 0 Å². The maximum absolute atomic E-state index is 14.7. The molecular formula is C32H44BrN3O5. The van der Waals surface area contributed by atoms with E-state index in [0.717, 1.165) is 29.7 Å². The van der Waals surface area contributed by atoms with E-state index < -0.39 is 29.6 Å². The molecule has 3 aliphatic heterocycles. The van der Waals surface area contributed by atoms with Crippen LogP contribution in [0.15, 0.2) is 43.5 Å². The fraction of sp³-hybridized carbons (Fsp3) is 0.594. The Hall–Kier alpha value is -2.49. The zero-order valence-corrected chi connectivity index (χ0v) is 26.1. The monoisotopic (exact) mass is 629 g/mol. The van der Waals surface area contributed by atoms with Gasteiger partial charge in [-0.05, 0) is 63.1 Å². The van der Waals surface area contributed by atoms with E-state index in [-0.39, 0.29) is 35.7 Å².